The fourth-order valence-corrected chi connectivity index (χ4v) is 3.01. The molecule has 0 bridgehead atoms. The minimum Gasteiger partial charge on any atom is -0.335 e. The van der Waals surface area contributed by atoms with Gasteiger partial charge in [-0.25, -0.2) is 0 Å². The number of hydrogen-bond donors (Lipinski definition) is 1. The maximum absolute atomic E-state index is 12.4. The molecule has 1 N–H and O–H groups in total. The molecule has 2 aromatic heterocycles. The van der Waals surface area contributed by atoms with E-state index in [0.29, 0.717) is 37.4 Å². The molecule has 0 radical (unpaired) electrons. The van der Waals surface area contributed by atoms with E-state index in [-0.39, 0.29) is 17.4 Å². The van der Waals surface area contributed by atoms with E-state index in [0.717, 1.165) is 4.88 Å². The highest BCUT2D eigenvalue weighted by molar-refractivity contribution is 7.05. The number of piperazine rings is 1. The molecule has 0 spiro atoms. The van der Waals surface area contributed by atoms with Crippen molar-refractivity contribution in [3.63, 3.8) is 0 Å². The number of hydrogen-bond acceptors (Lipinski definition) is 5. The average Bonchev–Trinajstić information content (AvgIpc) is 3.01. The molecule has 2 aromatic rings. The summed E-state index contributed by atoms with van der Waals surface area (Å²) >= 11 is 1.31. The Bertz CT molecular complexity index is 770. The van der Waals surface area contributed by atoms with Crippen LogP contribution in [0.5, 0.6) is 0 Å². The van der Waals surface area contributed by atoms with Crippen LogP contribution in [0.2, 0.25) is 0 Å². The van der Waals surface area contributed by atoms with Crippen molar-refractivity contribution in [1.82, 2.24) is 19.2 Å². The minimum absolute atomic E-state index is 0.0921. The molecule has 3 rings (SSSR count). The first-order valence-corrected chi connectivity index (χ1v) is 8.02. The van der Waals surface area contributed by atoms with Crippen molar-refractivity contribution in [3.05, 3.63) is 50.9 Å². The molecule has 7 nitrogen and oxygen atoms in total. The van der Waals surface area contributed by atoms with E-state index in [4.69, 9.17) is 0 Å². The first kappa shape index (κ1) is 15.4. The van der Waals surface area contributed by atoms with Crippen LogP contribution in [0.3, 0.4) is 0 Å². The highest BCUT2D eigenvalue weighted by atomic mass is 32.1. The Hall–Kier alpha value is -2.48. The smallest absolute Gasteiger partial charge is 0.273 e. The Balaban J connectivity index is 1.62. The second-order valence-electron chi connectivity index (χ2n) is 5.35. The predicted molar refractivity (Wildman–Crippen MR) is 85.7 cm³/mol. The van der Waals surface area contributed by atoms with Gasteiger partial charge in [0, 0.05) is 43.3 Å². The van der Waals surface area contributed by atoms with Crippen LogP contribution < -0.4 is 5.56 Å². The first-order valence-electron chi connectivity index (χ1n) is 7.25. The summed E-state index contributed by atoms with van der Waals surface area (Å²) in [6.07, 6.45) is 1.42. The van der Waals surface area contributed by atoms with Crippen molar-refractivity contribution in [1.29, 1.82) is 0 Å². The number of pyridine rings is 1. The van der Waals surface area contributed by atoms with E-state index in [9.17, 15) is 14.4 Å². The predicted octanol–water partition coefficient (Wildman–Crippen LogP) is 0.738. The molecule has 8 heteroatoms. The van der Waals surface area contributed by atoms with Gasteiger partial charge in [-0.2, -0.15) is 4.37 Å². The third-order valence-corrected chi connectivity index (χ3v) is 4.43. The lowest BCUT2D eigenvalue weighted by molar-refractivity contribution is 0.0532. The lowest BCUT2D eigenvalue weighted by Crippen LogP contribution is -2.50. The van der Waals surface area contributed by atoms with E-state index in [1.54, 1.807) is 15.9 Å². The molecule has 1 aliphatic rings. The number of nitrogens with zero attached hydrogens (tertiary/aromatic N) is 3. The second kappa shape index (κ2) is 6.33. The number of aryl methyl sites for hydroxylation is 1. The number of carbonyl (C=O) groups excluding carboxylic acids is 2. The number of H-pyrrole nitrogens is 1. The molecule has 2 amide bonds. The number of amides is 2. The molecule has 1 saturated heterocycles. The van der Waals surface area contributed by atoms with Crippen LogP contribution in [0.1, 0.15) is 25.7 Å². The summed E-state index contributed by atoms with van der Waals surface area (Å²) in [7, 11) is 0. The van der Waals surface area contributed by atoms with Gasteiger partial charge in [0.05, 0.1) is 5.56 Å². The third kappa shape index (κ3) is 3.31. The summed E-state index contributed by atoms with van der Waals surface area (Å²) in [6, 6.07) is 4.62. The molecule has 0 unspecified atom stereocenters. The summed E-state index contributed by atoms with van der Waals surface area (Å²) in [5, 5.41) is 0. The second-order valence-corrected chi connectivity index (χ2v) is 6.36. The van der Waals surface area contributed by atoms with Crippen molar-refractivity contribution < 1.29 is 9.59 Å². The number of aromatic nitrogens is 2. The fraction of sp³-hybridized carbons (Fsp3) is 0.333. The maximum atomic E-state index is 12.4. The lowest BCUT2D eigenvalue weighted by Gasteiger charge is -2.34. The standard InChI is InChI=1S/C15H16N4O3S/c1-10-8-12(17-23-10)15(22)19-6-4-18(5-7-19)14(21)11-2-3-13(20)16-9-11/h2-3,8-9H,4-7H2,1H3,(H,16,20). The third-order valence-electron chi connectivity index (χ3n) is 3.73. The number of aromatic amines is 1. The Morgan fingerprint density at radius 3 is 2.30 bits per heavy atom. The van der Waals surface area contributed by atoms with Gasteiger partial charge < -0.3 is 14.8 Å². The quantitative estimate of drug-likeness (QED) is 0.879. The van der Waals surface area contributed by atoms with Gasteiger partial charge >= 0.3 is 0 Å². The van der Waals surface area contributed by atoms with Gasteiger partial charge in [0.25, 0.3) is 11.8 Å². The summed E-state index contributed by atoms with van der Waals surface area (Å²) < 4.78 is 4.14. The van der Waals surface area contributed by atoms with Crippen molar-refractivity contribution in [2.24, 2.45) is 0 Å². The molecular formula is C15H16N4O3S. The number of rotatable bonds is 2. The van der Waals surface area contributed by atoms with Gasteiger partial charge in [-0.3, -0.25) is 14.4 Å². The van der Waals surface area contributed by atoms with Crippen LogP contribution in [0, 0.1) is 6.92 Å². The topological polar surface area (TPSA) is 86.4 Å². The molecule has 0 aromatic carbocycles. The van der Waals surface area contributed by atoms with Crippen LogP contribution in [-0.2, 0) is 0 Å². The monoisotopic (exact) mass is 332 g/mol. The van der Waals surface area contributed by atoms with E-state index in [1.807, 2.05) is 6.92 Å². The van der Waals surface area contributed by atoms with Crippen LogP contribution in [-0.4, -0.2) is 57.2 Å². The zero-order valence-electron chi connectivity index (χ0n) is 12.6. The molecule has 120 valence electrons. The number of carbonyl (C=O) groups is 2. The summed E-state index contributed by atoms with van der Waals surface area (Å²) in [5.74, 6) is -0.233. The van der Waals surface area contributed by atoms with Crippen molar-refractivity contribution >= 4 is 23.3 Å². The van der Waals surface area contributed by atoms with E-state index >= 15 is 0 Å². The Kier molecular flexibility index (Phi) is 4.24. The lowest BCUT2D eigenvalue weighted by atomic mass is 10.2. The van der Waals surface area contributed by atoms with Gasteiger partial charge in [-0.15, -0.1) is 0 Å². The molecule has 3 heterocycles. The molecule has 0 saturated carbocycles. The van der Waals surface area contributed by atoms with Crippen molar-refractivity contribution in [2.45, 2.75) is 6.92 Å². The first-order chi connectivity index (χ1) is 11.0. The normalized spacial score (nSPS) is 14.8. The van der Waals surface area contributed by atoms with Gasteiger partial charge in [0.1, 0.15) is 5.69 Å². The summed E-state index contributed by atoms with van der Waals surface area (Å²) in [4.78, 5) is 42.6. The molecule has 1 aliphatic heterocycles. The Morgan fingerprint density at radius 2 is 1.78 bits per heavy atom. The summed E-state index contributed by atoms with van der Waals surface area (Å²) in [6.45, 7) is 3.80. The molecule has 0 atom stereocenters. The molecule has 23 heavy (non-hydrogen) atoms. The minimum atomic E-state index is -0.240. The van der Waals surface area contributed by atoms with E-state index in [1.165, 1.54) is 29.9 Å². The van der Waals surface area contributed by atoms with Crippen LogP contribution in [0.4, 0.5) is 0 Å². The van der Waals surface area contributed by atoms with Gasteiger partial charge in [0.15, 0.2) is 0 Å². The zero-order chi connectivity index (χ0) is 16.4. The molecular weight excluding hydrogens is 316 g/mol. The van der Waals surface area contributed by atoms with E-state index < -0.39 is 0 Å². The van der Waals surface area contributed by atoms with Crippen LogP contribution in [0.25, 0.3) is 0 Å². The Morgan fingerprint density at radius 1 is 1.13 bits per heavy atom. The molecule has 0 aliphatic carbocycles. The Labute approximate surface area is 136 Å². The molecule has 1 fully saturated rings. The van der Waals surface area contributed by atoms with Crippen molar-refractivity contribution in [2.75, 3.05) is 26.2 Å². The fourth-order valence-electron chi connectivity index (χ4n) is 2.47. The van der Waals surface area contributed by atoms with Crippen molar-refractivity contribution in [3.8, 4) is 0 Å². The number of nitrogens with one attached hydrogen (secondary N) is 1. The summed E-state index contributed by atoms with van der Waals surface area (Å²) in [5.41, 5.74) is 0.669. The zero-order valence-corrected chi connectivity index (χ0v) is 13.4. The maximum Gasteiger partial charge on any atom is 0.273 e. The largest absolute Gasteiger partial charge is 0.335 e. The van der Waals surface area contributed by atoms with Gasteiger partial charge in [-0.05, 0) is 30.6 Å². The highest BCUT2D eigenvalue weighted by Crippen LogP contribution is 2.13. The highest BCUT2D eigenvalue weighted by Gasteiger charge is 2.26. The van der Waals surface area contributed by atoms with Crippen LogP contribution >= 0.6 is 11.5 Å². The average molecular weight is 332 g/mol. The van der Waals surface area contributed by atoms with Crippen LogP contribution in [0.15, 0.2) is 29.2 Å². The SMILES string of the molecule is Cc1cc(C(=O)N2CCN(C(=O)c3ccc(=O)[nH]c3)CC2)ns1. The van der Waals surface area contributed by atoms with Gasteiger partial charge in [-0.1, -0.05) is 0 Å². The van der Waals surface area contributed by atoms with E-state index in [2.05, 4.69) is 9.36 Å². The van der Waals surface area contributed by atoms with Gasteiger partial charge in [0.2, 0.25) is 5.56 Å².